The number of piperidine rings is 1. The van der Waals surface area contributed by atoms with Gasteiger partial charge in [0.1, 0.15) is 4.90 Å². The van der Waals surface area contributed by atoms with E-state index < -0.39 is 26.9 Å². The van der Waals surface area contributed by atoms with Crippen LogP contribution in [0.15, 0.2) is 23.1 Å². The van der Waals surface area contributed by atoms with Gasteiger partial charge in [-0.1, -0.05) is 33.8 Å². The molecular weight excluding hydrogens is 378 g/mol. The van der Waals surface area contributed by atoms with Gasteiger partial charge in [-0.15, -0.1) is 0 Å². The minimum atomic E-state index is -4.49. The Morgan fingerprint density at radius 2 is 2.00 bits per heavy atom. The molecule has 1 aliphatic heterocycles. The highest BCUT2D eigenvalue weighted by Crippen LogP contribution is 2.53. The van der Waals surface area contributed by atoms with Gasteiger partial charge in [-0.2, -0.15) is 8.42 Å². The van der Waals surface area contributed by atoms with Crippen molar-refractivity contribution in [3.8, 4) is 5.75 Å². The van der Waals surface area contributed by atoms with Gasteiger partial charge < -0.3 is 9.64 Å². The molecule has 28 heavy (non-hydrogen) atoms. The zero-order chi connectivity index (χ0) is 21.5. The predicted molar refractivity (Wildman–Crippen MR) is 109 cm³/mol. The third-order valence-corrected chi connectivity index (χ3v) is 8.35. The summed E-state index contributed by atoms with van der Waals surface area (Å²) in [5.41, 5.74) is 0.161. The number of carbonyl (C=O) groups excluding carboxylic acids is 1. The molecule has 0 aromatic heterocycles. The van der Waals surface area contributed by atoms with Crippen molar-refractivity contribution >= 4 is 16.1 Å². The van der Waals surface area contributed by atoms with Crippen LogP contribution in [0.3, 0.4) is 0 Å². The molecule has 0 bridgehead atoms. The summed E-state index contributed by atoms with van der Waals surface area (Å²) in [6.45, 7) is 13.2. The Hall–Kier alpha value is -1.44. The fourth-order valence-electron chi connectivity index (χ4n) is 4.77. The van der Waals surface area contributed by atoms with Crippen LogP contribution in [0.1, 0.15) is 53.0 Å². The van der Waals surface area contributed by atoms with Crippen molar-refractivity contribution in [3.05, 3.63) is 23.8 Å². The van der Waals surface area contributed by atoms with E-state index in [0.29, 0.717) is 0 Å². The molecule has 1 aromatic carbocycles. The van der Waals surface area contributed by atoms with Crippen LogP contribution in [0, 0.1) is 24.2 Å². The summed E-state index contributed by atoms with van der Waals surface area (Å²) in [5.74, 6) is -0.794. The second-order valence-electron chi connectivity index (χ2n) is 8.59. The van der Waals surface area contributed by atoms with E-state index in [0.717, 1.165) is 24.9 Å². The number of carbonyl (C=O) groups is 1. The van der Waals surface area contributed by atoms with Gasteiger partial charge in [0.2, 0.25) is 0 Å². The van der Waals surface area contributed by atoms with Crippen LogP contribution < -0.4 is 4.74 Å². The van der Waals surface area contributed by atoms with Gasteiger partial charge in [-0.3, -0.25) is 9.35 Å². The molecule has 7 heteroatoms. The van der Waals surface area contributed by atoms with E-state index in [2.05, 4.69) is 39.6 Å². The highest BCUT2D eigenvalue weighted by atomic mass is 32.2. The average molecular weight is 412 g/mol. The molecule has 158 valence electrons. The van der Waals surface area contributed by atoms with Crippen molar-refractivity contribution in [1.82, 2.24) is 4.90 Å². The van der Waals surface area contributed by atoms with Gasteiger partial charge in [0.05, 0.1) is 5.92 Å². The number of hydrogen-bond acceptors (Lipinski definition) is 5. The van der Waals surface area contributed by atoms with Crippen molar-refractivity contribution in [2.75, 3.05) is 13.6 Å². The van der Waals surface area contributed by atoms with Gasteiger partial charge in [-0.05, 0) is 63.9 Å². The van der Waals surface area contributed by atoms with E-state index in [1.54, 1.807) is 13.0 Å². The number of aryl methyl sites for hydroxylation is 1. The van der Waals surface area contributed by atoms with E-state index >= 15 is 0 Å². The van der Waals surface area contributed by atoms with Crippen LogP contribution in [0.4, 0.5) is 0 Å². The molecule has 0 amide bonds. The molecule has 0 radical (unpaired) electrons. The van der Waals surface area contributed by atoms with Crippen LogP contribution in [-0.4, -0.2) is 43.0 Å². The maximum absolute atomic E-state index is 13.1. The first-order valence-electron chi connectivity index (χ1n) is 9.80. The summed E-state index contributed by atoms with van der Waals surface area (Å²) >= 11 is 0. The number of likely N-dealkylation sites (tertiary alicyclic amines) is 1. The van der Waals surface area contributed by atoms with Gasteiger partial charge in [-0.25, -0.2) is 0 Å². The molecule has 1 fully saturated rings. The van der Waals surface area contributed by atoms with Crippen molar-refractivity contribution in [2.24, 2.45) is 17.3 Å². The second kappa shape index (κ2) is 7.76. The third-order valence-electron chi connectivity index (χ3n) is 7.45. The Balaban J connectivity index is 2.43. The van der Waals surface area contributed by atoms with Crippen LogP contribution in [0.2, 0.25) is 0 Å². The van der Waals surface area contributed by atoms with E-state index in [1.165, 1.54) is 12.1 Å². The largest absolute Gasteiger partial charge is 0.425 e. The monoisotopic (exact) mass is 411 g/mol. The summed E-state index contributed by atoms with van der Waals surface area (Å²) in [7, 11) is -2.41. The van der Waals surface area contributed by atoms with E-state index in [-0.39, 0.29) is 22.6 Å². The fraction of sp³-hybridized carbons (Fsp3) is 0.667. The average Bonchev–Trinajstić information content (AvgIpc) is 2.61. The van der Waals surface area contributed by atoms with Crippen molar-refractivity contribution < 1.29 is 22.5 Å². The van der Waals surface area contributed by atoms with E-state index in [4.69, 9.17) is 4.74 Å². The Kier molecular flexibility index (Phi) is 6.34. The number of esters is 1. The smallest absolute Gasteiger partial charge is 0.314 e. The molecule has 4 atom stereocenters. The fourth-order valence-corrected chi connectivity index (χ4v) is 5.36. The van der Waals surface area contributed by atoms with Crippen LogP contribution in [0.25, 0.3) is 0 Å². The zero-order valence-electron chi connectivity index (χ0n) is 17.9. The quantitative estimate of drug-likeness (QED) is 0.449. The maximum Gasteiger partial charge on any atom is 0.314 e. The first kappa shape index (κ1) is 22.8. The third kappa shape index (κ3) is 3.72. The predicted octanol–water partition coefficient (Wildman–Crippen LogP) is 3.93. The first-order valence-corrected chi connectivity index (χ1v) is 11.2. The molecule has 0 saturated carbocycles. The molecule has 1 heterocycles. The molecule has 0 spiro atoms. The molecule has 0 aliphatic carbocycles. The summed E-state index contributed by atoms with van der Waals surface area (Å²) in [4.78, 5) is 15.1. The number of benzene rings is 1. The summed E-state index contributed by atoms with van der Waals surface area (Å²) in [5, 5.41) is 0. The lowest BCUT2D eigenvalue weighted by Gasteiger charge is -2.60. The molecule has 1 N–H and O–H groups in total. The highest BCUT2D eigenvalue weighted by molar-refractivity contribution is 7.86. The number of ether oxygens (including phenoxy) is 1. The summed E-state index contributed by atoms with van der Waals surface area (Å²) < 4.78 is 38.4. The minimum Gasteiger partial charge on any atom is -0.425 e. The van der Waals surface area contributed by atoms with Crippen LogP contribution >= 0.6 is 0 Å². The van der Waals surface area contributed by atoms with Gasteiger partial charge in [0.15, 0.2) is 5.75 Å². The zero-order valence-corrected chi connectivity index (χ0v) is 18.8. The molecule has 4 unspecified atom stereocenters. The lowest BCUT2D eigenvalue weighted by atomic mass is 9.54. The Morgan fingerprint density at radius 1 is 1.39 bits per heavy atom. The first-order chi connectivity index (χ1) is 12.8. The number of nitrogens with zero attached hydrogens (tertiary/aromatic N) is 1. The molecule has 6 nitrogen and oxygen atoms in total. The van der Waals surface area contributed by atoms with Crippen molar-refractivity contribution in [2.45, 2.75) is 64.8 Å². The van der Waals surface area contributed by atoms with Gasteiger partial charge in [0.25, 0.3) is 10.1 Å². The van der Waals surface area contributed by atoms with Crippen molar-refractivity contribution in [1.29, 1.82) is 0 Å². The van der Waals surface area contributed by atoms with Gasteiger partial charge in [0, 0.05) is 11.0 Å². The Morgan fingerprint density at radius 3 is 2.54 bits per heavy atom. The van der Waals surface area contributed by atoms with Crippen LogP contribution in [-0.2, 0) is 14.9 Å². The highest BCUT2D eigenvalue weighted by Gasteiger charge is 2.57. The van der Waals surface area contributed by atoms with E-state index in [1.807, 2.05) is 6.92 Å². The SMILES string of the molecule is CCC1(C)N(C)CCC(C)C1(C)C(C)C(=O)Oc1cc(C)ccc1S(=O)(=O)O. The molecule has 2 rings (SSSR count). The summed E-state index contributed by atoms with van der Waals surface area (Å²) in [6.07, 6.45) is 1.85. The Bertz CT molecular complexity index is 852. The van der Waals surface area contributed by atoms with E-state index in [9.17, 15) is 17.8 Å². The molecule has 1 aliphatic rings. The molecule has 1 aromatic rings. The van der Waals surface area contributed by atoms with Crippen LogP contribution in [0.5, 0.6) is 5.75 Å². The Labute approximate surface area is 169 Å². The van der Waals surface area contributed by atoms with Crippen molar-refractivity contribution in [3.63, 3.8) is 0 Å². The van der Waals surface area contributed by atoms with Gasteiger partial charge >= 0.3 is 5.97 Å². The molecular formula is C21H33NO5S. The molecule has 1 saturated heterocycles. The maximum atomic E-state index is 13.1. The number of hydrogen-bond donors (Lipinski definition) is 1. The topological polar surface area (TPSA) is 83.9 Å². The standard InChI is InChI=1S/C21H33NO5S/c1-8-20(5)21(6,15(3)11-12-22(20)7)16(4)19(23)27-17-13-14(2)9-10-18(17)28(24,25)26/h9-10,13,15-16H,8,11-12H2,1-7H3,(H,24,25,26). The lowest BCUT2D eigenvalue weighted by molar-refractivity contribution is -0.159. The second-order valence-corrected chi connectivity index (χ2v) is 9.98. The minimum absolute atomic E-state index is 0.127. The number of rotatable bonds is 5. The normalized spacial score (nSPS) is 30.1. The lowest BCUT2D eigenvalue weighted by Crippen LogP contribution is -2.65. The summed E-state index contributed by atoms with van der Waals surface area (Å²) in [6, 6.07) is 4.27.